The number of anilines is 1. The zero-order chi connectivity index (χ0) is 20.5. The molecule has 1 fully saturated rings. The molecule has 8 heteroatoms. The highest BCUT2D eigenvalue weighted by Crippen LogP contribution is 2.30. The van der Waals surface area contributed by atoms with Gasteiger partial charge in [0.05, 0.1) is 18.2 Å². The molecule has 2 aromatic carbocycles. The molecule has 0 bridgehead atoms. The number of carbonyl (C=O) groups is 1. The molecule has 1 amide bonds. The number of nitrogens with zero attached hydrogens (tertiary/aromatic N) is 4. The third-order valence-electron chi connectivity index (χ3n) is 5.37. The minimum Gasteiger partial charge on any atom is -0.496 e. The summed E-state index contributed by atoms with van der Waals surface area (Å²) in [6.45, 7) is 0.707. The van der Waals surface area contributed by atoms with Crippen molar-refractivity contribution in [3.63, 3.8) is 0 Å². The van der Waals surface area contributed by atoms with Crippen LogP contribution in [0.15, 0.2) is 48.5 Å². The van der Waals surface area contributed by atoms with Crippen LogP contribution in [-0.2, 0) is 4.79 Å². The van der Waals surface area contributed by atoms with Gasteiger partial charge in [-0.25, -0.2) is 9.97 Å². The van der Waals surface area contributed by atoms with E-state index in [-0.39, 0.29) is 11.9 Å². The number of amides is 1. The fourth-order valence-corrected chi connectivity index (χ4v) is 3.83. The second kappa shape index (κ2) is 7.62. The Morgan fingerprint density at radius 3 is 2.83 bits per heavy atom. The Labute approximate surface area is 173 Å². The molecule has 8 nitrogen and oxygen atoms in total. The summed E-state index contributed by atoms with van der Waals surface area (Å²) in [6.07, 6.45) is 2.69. The number of hydrogen-bond acceptors (Lipinski definition) is 6. The van der Waals surface area contributed by atoms with E-state index in [1.165, 1.54) is 0 Å². The predicted molar refractivity (Wildman–Crippen MR) is 115 cm³/mol. The zero-order valence-corrected chi connectivity index (χ0v) is 16.6. The highest BCUT2D eigenvalue weighted by atomic mass is 16.5. The summed E-state index contributed by atoms with van der Waals surface area (Å²) in [5.41, 5.74) is 2.27. The van der Waals surface area contributed by atoms with Crippen molar-refractivity contribution in [2.24, 2.45) is 0 Å². The number of fused-ring (bicyclic) bond motifs is 3. The monoisotopic (exact) mass is 402 g/mol. The first kappa shape index (κ1) is 18.4. The molecule has 5 rings (SSSR count). The van der Waals surface area contributed by atoms with E-state index in [1.807, 2.05) is 48.5 Å². The molecule has 30 heavy (non-hydrogen) atoms. The molecule has 1 saturated heterocycles. The van der Waals surface area contributed by atoms with Crippen LogP contribution in [-0.4, -0.2) is 45.2 Å². The number of para-hydroxylation sites is 2. The Kier molecular flexibility index (Phi) is 4.66. The minimum atomic E-state index is -0.358. The van der Waals surface area contributed by atoms with Gasteiger partial charge in [0, 0.05) is 11.9 Å². The number of carbonyl (C=O) groups excluding carboxylic acids is 1. The maximum absolute atomic E-state index is 12.5. The van der Waals surface area contributed by atoms with Crippen molar-refractivity contribution in [3.05, 3.63) is 48.5 Å². The lowest BCUT2D eigenvalue weighted by molar-refractivity contribution is -0.121. The van der Waals surface area contributed by atoms with Gasteiger partial charge in [0.1, 0.15) is 11.8 Å². The molecule has 0 spiro atoms. The number of hydrogen-bond donors (Lipinski definition) is 2. The summed E-state index contributed by atoms with van der Waals surface area (Å²) >= 11 is 0. The van der Waals surface area contributed by atoms with Crippen molar-refractivity contribution >= 4 is 28.4 Å². The average molecular weight is 402 g/mol. The van der Waals surface area contributed by atoms with Crippen molar-refractivity contribution in [1.82, 2.24) is 24.9 Å². The van der Waals surface area contributed by atoms with Crippen molar-refractivity contribution in [3.8, 4) is 17.1 Å². The van der Waals surface area contributed by atoms with E-state index in [4.69, 9.17) is 19.8 Å². The van der Waals surface area contributed by atoms with E-state index in [9.17, 15) is 4.79 Å². The molecule has 2 aromatic heterocycles. The predicted octanol–water partition coefficient (Wildman–Crippen LogP) is 3.03. The lowest BCUT2D eigenvalue weighted by atomic mass is 10.1. The number of ether oxygens (including phenoxy) is 1. The molecule has 0 aliphatic carbocycles. The van der Waals surface area contributed by atoms with Crippen molar-refractivity contribution in [2.45, 2.75) is 25.3 Å². The van der Waals surface area contributed by atoms with Crippen LogP contribution in [0.2, 0.25) is 0 Å². The maximum Gasteiger partial charge on any atom is 0.242 e. The van der Waals surface area contributed by atoms with E-state index in [0.717, 1.165) is 35.7 Å². The molecule has 0 radical (unpaired) electrons. The van der Waals surface area contributed by atoms with Crippen molar-refractivity contribution < 1.29 is 9.53 Å². The fourth-order valence-electron chi connectivity index (χ4n) is 3.83. The highest BCUT2D eigenvalue weighted by Gasteiger charge is 2.23. The molecule has 0 saturated carbocycles. The Morgan fingerprint density at radius 1 is 1.10 bits per heavy atom. The van der Waals surface area contributed by atoms with Gasteiger partial charge < -0.3 is 15.4 Å². The van der Waals surface area contributed by atoms with Gasteiger partial charge in [-0.05, 0) is 43.5 Å². The number of aromatic nitrogens is 4. The first-order valence-corrected chi connectivity index (χ1v) is 10.1. The van der Waals surface area contributed by atoms with E-state index < -0.39 is 0 Å². The summed E-state index contributed by atoms with van der Waals surface area (Å²) in [5.74, 6) is 1.72. The molecule has 152 valence electrons. The van der Waals surface area contributed by atoms with E-state index in [0.29, 0.717) is 29.7 Å². The van der Waals surface area contributed by atoms with Crippen LogP contribution in [0, 0.1) is 0 Å². The third kappa shape index (κ3) is 3.20. The van der Waals surface area contributed by atoms with Crippen LogP contribution in [0.5, 0.6) is 5.75 Å². The van der Waals surface area contributed by atoms with Crippen LogP contribution < -0.4 is 15.4 Å². The molecule has 1 atom stereocenters. The summed E-state index contributed by atoms with van der Waals surface area (Å²) in [6, 6.07) is 15.1. The minimum absolute atomic E-state index is 0.0133. The van der Waals surface area contributed by atoms with Crippen molar-refractivity contribution in [2.75, 3.05) is 19.0 Å². The first-order valence-electron chi connectivity index (χ1n) is 10.1. The molecular weight excluding hydrogens is 380 g/mol. The normalized spacial score (nSPS) is 17.0. The molecule has 3 heterocycles. The highest BCUT2D eigenvalue weighted by molar-refractivity contribution is 5.93. The molecule has 4 aromatic rings. The lowest BCUT2D eigenvalue weighted by Gasteiger charge is -2.16. The molecular formula is C22H22N6O2. The van der Waals surface area contributed by atoms with Crippen LogP contribution >= 0.6 is 0 Å². The molecule has 1 aliphatic rings. The van der Waals surface area contributed by atoms with Gasteiger partial charge in [0.2, 0.25) is 11.9 Å². The summed E-state index contributed by atoms with van der Waals surface area (Å²) < 4.78 is 7.17. The van der Waals surface area contributed by atoms with Gasteiger partial charge in [-0.2, -0.15) is 4.52 Å². The molecule has 2 N–H and O–H groups in total. The first-order chi connectivity index (χ1) is 14.7. The van der Waals surface area contributed by atoms with Gasteiger partial charge in [-0.15, -0.1) is 5.10 Å². The lowest BCUT2D eigenvalue weighted by Crippen LogP contribution is -2.38. The van der Waals surface area contributed by atoms with Crippen molar-refractivity contribution in [1.29, 1.82) is 0 Å². The van der Waals surface area contributed by atoms with Gasteiger partial charge in [0.25, 0.3) is 0 Å². The number of nitrogens with one attached hydrogen (secondary N) is 2. The van der Waals surface area contributed by atoms with Gasteiger partial charge in [0.15, 0.2) is 11.5 Å². The molecule has 0 unspecified atom stereocenters. The van der Waals surface area contributed by atoms with E-state index in [2.05, 4.69) is 10.6 Å². The molecule has 1 aliphatic heterocycles. The third-order valence-corrected chi connectivity index (χ3v) is 5.37. The number of benzene rings is 2. The Morgan fingerprint density at radius 2 is 1.93 bits per heavy atom. The van der Waals surface area contributed by atoms with Gasteiger partial charge >= 0.3 is 0 Å². The van der Waals surface area contributed by atoms with Gasteiger partial charge in [-0.3, -0.25) is 4.79 Å². The standard InChI is InChI=1S/C22H22N6O2/c1-30-18-12-5-3-9-15(18)19-26-20-14-8-2-4-10-16(14)24-22(28(20)27-19)25-17-11-6-7-13-23-21(17)29/h2-5,8-10,12,17H,6-7,11,13H2,1H3,(H,23,29)(H,24,25)/t17-/m1/s1. The summed E-state index contributed by atoms with van der Waals surface area (Å²) in [7, 11) is 1.63. The summed E-state index contributed by atoms with van der Waals surface area (Å²) in [5, 5.41) is 11.9. The summed E-state index contributed by atoms with van der Waals surface area (Å²) in [4.78, 5) is 22.0. The second-order valence-electron chi connectivity index (χ2n) is 7.31. The largest absolute Gasteiger partial charge is 0.496 e. The smallest absolute Gasteiger partial charge is 0.242 e. The van der Waals surface area contributed by atoms with Gasteiger partial charge in [-0.1, -0.05) is 24.3 Å². The van der Waals surface area contributed by atoms with Crippen LogP contribution in [0.25, 0.3) is 27.9 Å². The average Bonchev–Trinajstić information content (AvgIpc) is 3.14. The second-order valence-corrected chi connectivity index (χ2v) is 7.31. The number of methoxy groups -OCH3 is 1. The van der Waals surface area contributed by atoms with E-state index >= 15 is 0 Å². The quantitative estimate of drug-likeness (QED) is 0.545. The topological polar surface area (TPSA) is 93.4 Å². The zero-order valence-electron chi connectivity index (χ0n) is 16.6. The Bertz CT molecular complexity index is 1230. The Hall–Kier alpha value is -3.68. The maximum atomic E-state index is 12.5. The fraction of sp³-hybridized carbons (Fsp3) is 0.273. The Balaban J connectivity index is 1.67. The van der Waals surface area contributed by atoms with Crippen LogP contribution in [0.4, 0.5) is 5.95 Å². The number of rotatable bonds is 4. The SMILES string of the molecule is COc1ccccc1-c1nc2c3ccccc3nc(N[C@@H]3CCCCNC3=O)n2n1. The van der Waals surface area contributed by atoms with Crippen LogP contribution in [0.1, 0.15) is 19.3 Å². The van der Waals surface area contributed by atoms with Crippen LogP contribution in [0.3, 0.4) is 0 Å². The van der Waals surface area contributed by atoms with E-state index in [1.54, 1.807) is 11.6 Å².